The van der Waals surface area contributed by atoms with Crippen LogP contribution in [0.5, 0.6) is 0 Å². The van der Waals surface area contributed by atoms with Crippen LogP contribution >= 0.6 is 0 Å². The van der Waals surface area contributed by atoms with Crippen LogP contribution in [-0.4, -0.2) is 41.0 Å². The molecular formula is C18H26N2O3. The monoisotopic (exact) mass is 318 g/mol. The Bertz CT molecular complexity index is 544. The number of hydrogen-bond donors (Lipinski definition) is 2. The van der Waals surface area contributed by atoms with Gasteiger partial charge in [-0.2, -0.15) is 0 Å². The minimum atomic E-state index is -0.599. The second-order valence-corrected chi connectivity index (χ2v) is 6.60. The van der Waals surface area contributed by atoms with Gasteiger partial charge in [-0.05, 0) is 49.3 Å². The summed E-state index contributed by atoms with van der Waals surface area (Å²) in [6, 6.07) is 7.55. The minimum Gasteiger partial charge on any atom is -0.393 e. The number of benzene rings is 1. The fourth-order valence-corrected chi connectivity index (χ4v) is 2.86. The molecule has 0 radical (unpaired) electrons. The molecule has 1 unspecified atom stereocenters. The number of likely N-dealkylation sites (tertiary alicyclic amines) is 1. The van der Waals surface area contributed by atoms with E-state index in [1.165, 1.54) is 5.56 Å². The quantitative estimate of drug-likeness (QED) is 0.841. The summed E-state index contributed by atoms with van der Waals surface area (Å²) < 4.78 is 0. The molecule has 0 spiro atoms. The van der Waals surface area contributed by atoms with Gasteiger partial charge in [-0.25, -0.2) is 0 Å². The van der Waals surface area contributed by atoms with Gasteiger partial charge in [0.2, 0.25) is 0 Å². The molecule has 2 rings (SSSR count). The molecule has 1 heterocycles. The SMILES string of the molecule is CC(C)c1ccc(NC(=O)C(=O)N2CCC(C(C)O)CC2)cc1. The first-order valence-corrected chi connectivity index (χ1v) is 8.26. The van der Waals surface area contributed by atoms with Crippen molar-refractivity contribution in [3.05, 3.63) is 29.8 Å². The van der Waals surface area contributed by atoms with Crippen molar-refractivity contribution in [1.29, 1.82) is 0 Å². The molecule has 0 bridgehead atoms. The van der Waals surface area contributed by atoms with E-state index in [2.05, 4.69) is 19.2 Å². The molecule has 1 aliphatic rings. The molecule has 126 valence electrons. The zero-order chi connectivity index (χ0) is 17.0. The van der Waals surface area contributed by atoms with E-state index in [0.717, 1.165) is 12.8 Å². The number of carbonyl (C=O) groups excluding carboxylic acids is 2. The lowest BCUT2D eigenvalue weighted by molar-refractivity contribution is -0.144. The van der Waals surface area contributed by atoms with Gasteiger partial charge in [0.25, 0.3) is 0 Å². The lowest BCUT2D eigenvalue weighted by Crippen LogP contribution is -2.45. The first-order valence-electron chi connectivity index (χ1n) is 8.26. The van der Waals surface area contributed by atoms with Crippen LogP contribution in [0.4, 0.5) is 5.69 Å². The molecule has 5 nitrogen and oxygen atoms in total. The highest BCUT2D eigenvalue weighted by atomic mass is 16.3. The van der Waals surface area contributed by atoms with E-state index in [0.29, 0.717) is 24.7 Å². The third-order valence-electron chi connectivity index (χ3n) is 4.54. The maximum absolute atomic E-state index is 12.2. The molecule has 2 amide bonds. The van der Waals surface area contributed by atoms with Gasteiger partial charge in [0.15, 0.2) is 0 Å². The molecule has 2 N–H and O–H groups in total. The summed E-state index contributed by atoms with van der Waals surface area (Å²) in [5.74, 6) is -0.456. The predicted molar refractivity (Wildman–Crippen MR) is 90.1 cm³/mol. The van der Waals surface area contributed by atoms with Crippen LogP contribution in [0.25, 0.3) is 0 Å². The highest BCUT2D eigenvalue weighted by Crippen LogP contribution is 2.21. The van der Waals surface area contributed by atoms with Gasteiger partial charge in [0.1, 0.15) is 0 Å². The van der Waals surface area contributed by atoms with E-state index in [1.807, 2.05) is 24.3 Å². The highest BCUT2D eigenvalue weighted by molar-refractivity contribution is 6.39. The number of aliphatic hydroxyl groups excluding tert-OH is 1. The van der Waals surface area contributed by atoms with E-state index in [-0.39, 0.29) is 12.0 Å². The van der Waals surface area contributed by atoms with Gasteiger partial charge < -0.3 is 15.3 Å². The lowest BCUT2D eigenvalue weighted by atomic mass is 9.92. The summed E-state index contributed by atoms with van der Waals surface area (Å²) in [5, 5.41) is 12.2. The second kappa shape index (κ2) is 7.59. The van der Waals surface area contributed by atoms with Crippen molar-refractivity contribution < 1.29 is 14.7 Å². The van der Waals surface area contributed by atoms with Crippen molar-refractivity contribution in [3.8, 4) is 0 Å². The van der Waals surface area contributed by atoms with Gasteiger partial charge >= 0.3 is 11.8 Å². The van der Waals surface area contributed by atoms with Gasteiger partial charge in [-0.3, -0.25) is 9.59 Å². The lowest BCUT2D eigenvalue weighted by Gasteiger charge is -2.32. The van der Waals surface area contributed by atoms with E-state index < -0.39 is 11.8 Å². The van der Waals surface area contributed by atoms with Crippen LogP contribution in [-0.2, 0) is 9.59 Å². The number of piperidine rings is 1. The molecule has 1 aliphatic heterocycles. The molecule has 1 atom stereocenters. The van der Waals surface area contributed by atoms with Crippen LogP contribution in [0.3, 0.4) is 0 Å². The van der Waals surface area contributed by atoms with Crippen molar-refractivity contribution in [1.82, 2.24) is 4.90 Å². The van der Waals surface area contributed by atoms with Gasteiger partial charge in [-0.15, -0.1) is 0 Å². The van der Waals surface area contributed by atoms with Gasteiger partial charge in [0.05, 0.1) is 6.10 Å². The Balaban J connectivity index is 1.89. The number of carbonyl (C=O) groups is 2. The molecule has 23 heavy (non-hydrogen) atoms. The fraction of sp³-hybridized carbons (Fsp3) is 0.556. The molecule has 0 aromatic heterocycles. The first kappa shape index (κ1) is 17.5. The van der Waals surface area contributed by atoms with Crippen molar-refractivity contribution in [2.45, 2.75) is 45.6 Å². The van der Waals surface area contributed by atoms with Crippen molar-refractivity contribution in [2.75, 3.05) is 18.4 Å². The summed E-state index contributed by atoms with van der Waals surface area (Å²) in [5.41, 5.74) is 1.82. The number of anilines is 1. The van der Waals surface area contributed by atoms with E-state index in [4.69, 9.17) is 0 Å². The third kappa shape index (κ3) is 4.55. The zero-order valence-electron chi connectivity index (χ0n) is 14.1. The van der Waals surface area contributed by atoms with Crippen molar-refractivity contribution in [3.63, 3.8) is 0 Å². The minimum absolute atomic E-state index is 0.214. The summed E-state index contributed by atoms with van der Waals surface area (Å²) in [7, 11) is 0. The predicted octanol–water partition coefficient (Wildman–Crippen LogP) is 2.37. The van der Waals surface area contributed by atoms with Crippen LogP contribution < -0.4 is 5.32 Å². The Morgan fingerprint density at radius 1 is 1.13 bits per heavy atom. The summed E-state index contributed by atoms with van der Waals surface area (Å²) in [4.78, 5) is 25.9. The largest absolute Gasteiger partial charge is 0.393 e. The normalized spacial score (nSPS) is 17.2. The van der Waals surface area contributed by atoms with Crippen molar-refractivity contribution in [2.24, 2.45) is 5.92 Å². The zero-order valence-corrected chi connectivity index (χ0v) is 14.1. The molecule has 0 saturated carbocycles. The first-order chi connectivity index (χ1) is 10.9. The number of nitrogens with one attached hydrogen (secondary N) is 1. The average Bonchev–Trinajstić information content (AvgIpc) is 2.54. The smallest absolute Gasteiger partial charge is 0.313 e. The molecule has 1 fully saturated rings. The molecule has 1 aromatic carbocycles. The molecule has 5 heteroatoms. The van der Waals surface area contributed by atoms with Crippen LogP contribution in [0.15, 0.2) is 24.3 Å². The number of rotatable bonds is 3. The van der Waals surface area contributed by atoms with Crippen molar-refractivity contribution >= 4 is 17.5 Å². The average molecular weight is 318 g/mol. The standard InChI is InChI=1S/C18H26N2O3/c1-12(2)14-4-6-16(7-5-14)19-17(22)18(23)20-10-8-15(9-11-20)13(3)21/h4-7,12-13,15,21H,8-11H2,1-3H3,(H,19,22). The highest BCUT2D eigenvalue weighted by Gasteiger charge is 2.28. The molecule has 1 aromatic rings. The van der Waals surface area contributed by atoms with Crippen LogP contribution in [0.2, 0.25) is 0 Å². The molecule has 1 saturated heterocycles. The number of aliphatic hydroxyl groups is 1. The van der Waals surface area contributed by atoms with Crippen LogP contribution in [0, 0.1) is 5.92 Å². The van der Waals surface area contributed by atoms with Gasteiger partial charge in [0, 0.05) is 18.8 Å². The fourth-order valence-electron chi connectivity index (χ4n) is 2.86. The number of hydrogen-bond acceptors (Lipinski definition) is 3. The Morgan fingerprint density at radius 3 is 2.17 bits per heavy atom. The summed E-state index contributed by atoms with van der Waals surface area (Å²) >= 11 is 0. The second-order valence-electron chi connectivity index (χ2n) is 6.60. The topological polar surface area (TPSA) is 69.6 Å². The Kier molecular flexibility index (Phi) is 5.77. The number of nitrogens with zero attached hydrogens (tertiary/aromatic N) is 1. The maximum atomic E-state index is 12.2. The third-order valence-corrected chi connectivity index (χ3v) is 4.54. The number of amides is 2. The Hall–Kier alpha value is -1.88. The van der Waals surface area contributed by atoms with Gasteiger partial charge in [-0.1, -0.05) is 26.0 Å². The van der Waals surface area contributed by atoms with Crippen LogP contribution in [0.1, 0.15) is 45.1 Å². The summed E-state index contributed by atoms with van der Waals surface area (Å²) in [6.45, 7) is 7.03. The Labute approximate surface area is 137 Å². The van der Waals surface area contributed by atoms with E-state index in [9.17, 15) is 14.7 Å². The molecular weight excluding hydrogens is 292 g/mol. The maximum Gasteiger partial charge on any atom is 0.313 e. The van der Waals surface area contributed by atoms with E-state index >= 15 is 0 Å². The molecule has 0 aliphatic carbocycles. The Morgan fingerprint density at radius 2 is 1.70 bits per heavy atom. The van der Waals surface area contributed by atoms with E-state index in [1.54, 1.807) is 11.8 Å². The summed E-state index contributed by atoms with van der Waals surface area (Å²) in [6.07, 6.45) is 1.11.